The second-order valence-corrected chi connectivity index (χ2v) is 11.0. The van der Waals surface area contributed by atoms with Crippen molar-refractivity contribution in [3.8, 4) is 5.75 Å². The van der Waals surface area contributed by atoms with Gasteiger partial charge in [0.15, 0.2) is 0 Å². The number of amides is 3. The van der Waals surface area contributed by atoms with Crippen molar-refractivity contribution >= 4 is 17.7 Å². The van der Waals surface area contributed by atoms with Gasteiger partial charge in [0.1, 0.15) is 17.9 Å². The predicted octanol–water partition coefficient (Wildman–Crippen LogP) is 4.26. The summed E-state index contributed by atoms with van der Waals surface area (Å²) >= 11 is 0. The molecule has 39 heavy (non-hydrogen) atoms. The van der Waals surface area contributed by atoms with E-state index in [0.717, 1.165) is 42.9 Å². The van der Waals surface area contributed by atoms with Gasteiger partial charge in [-0.05, 0) is 61.1 Å². The molecule has 10 heteroatoms. The number of carbonyl (C=O) groups excluding carboxylic acids is 3. The minimum absolute atomic E-state index is 0.0531. The number of halogens is 3. The standard InChI is InChI=1S/C29H30F3N3O4/c30-29(31,32)20-5-3-4-17(12-20)19-14-34(15-19)23-6-1-2-7-25(23)39-21-8-9-22-18(13-21)16-35(28(22)38)24-10-11-26(36)33-27(24)37/h3-5,8-9,12-13,19,23-25H,1-2,6-7,10-11,14-16H2,(H,33,36,37)/t23-,24?,25+/m0/s1. The van der Waals surface area contributed by atoms with E-state index in [9.17, 15) is 27.6 Å². The lowest BCUT2D eigenvalue weighted by Crippen LogP contribution is -2.57. The summed E-state index contributed by atoms with van der Waals surface area (Å²) in [4.78, 5) is 40.7. The molecule has 206 valence electrons. The number of likely N-dealkylation sites (tertiary alicyclic amines) is 1. The second kappa shape index (κ2) is 9.97. The van der Waals surface area contributed by atoms with Gasteiger partial charge >= 0.3 is 6.18 Å². The highest BCUT2D eigenvalue weighted by Crippen LogP contribution is 2.38. The lowest BCUT2D eigenvalue weighted by molar-refractivity contribution is -0.138. The van der Waals surface area contributed by atoms with Crippen molar-refractivity contribution in [2.24, 2.45) is 0 Å². The van der Waals surface area contributed by atoms with Gasteiger partial charge in [-0.3, -0.25) is 24.6 Å². The molecule has 3 fully saturated rings. The Morgan fingerprint density at radius 2 is 1.74 bits per heavy atom. The van der Waals surface area contributed by atoms with E-state index in [0.29, 0.717) is 30.8 Å². The van der Waals surface area contributed by atoms with E-state index in [-0.39, 0.29) is 42.8 Å². The van der Waals surface area contributed by atoms with E-state index in [4.69, 9.17) is 4.74 Å². The van der Waals surface area contributed by atoms with E-state index in [1.54, 1.807) is 18.2 Å². The molecule has 1 saturated carbocycles. The fourth-order valence-electron chi connectivity index (χ4n) is 6.39. The summed E-state index contributed by atoms with van der Waals surface area (Å²) in [5.41, 5.74) is 1.45. The average molecular weight is 542 g/mol. The van der Waals surface area contributed by atoms with Crippen LogP contribution in [0, 0.1) is 0 Å². The van der Waals surface area contributed by atoms with Crippen molar-refractivity contribution in [2.45, 2.75) is 75.4 Å². The second-order valence-electron chi connectivity index (χ2n) is 11.0. The maximum Gasteiger partial charge on any atom is 0.416 e. The molecule has 6 rings (SSSR count). The van der Waals surface area contributed by atoms with Crippen LogP contribution >= 0.6 is 0 Å². The first-order chi connectivity index (χ1) is 18.7. The van der Waals surface area contributed by atoms with Crippen LogP contribution in [0.15, 0.2) is 42.5 Å². The maximum absolute atomic E-state index is 13.2. The maximum atomic E-state index is 13.2. The van der Waals surface area contributed by atoms with Gasteiger partial charge in [-0.1, -0.05) is 24.6 Å². The number of ether oxygens (including phenoxy) is 1. The lowest BCUT2D eigenvalue weighted by atomic mass is 9.84. The summed E-state index contributed by atoms with van der Waals surface area (Å²) in [5.74, 6) is -0.242. The van der Waals surface area contributed by atoms with E-state index < -0.39 is 23.7 Å². The zero-order valence-corrected chi connectivity index (χ0v) is 21.4. The topological polar surface area (TPSA) is 79.0 Å². The number of rotatable bonds is 5. The van der Waals surface area contributed by atoms with Gasteiger partial charge in [-0.2, -0.15) is 13.2 Å². The highest BCUT2D eigenvalue weighted by molar-refractivity contribution is 6.05. The Balaban J connectivity index is 1.11. The van der Waals surface area contributed by atoms with E-state index in [1.807, 2.05) is 6.07 Å². The molecule has 1 aliphatic carbocycles. The zero-order valence-electron chi connectivity index (χ0n) is 21.4. The van der Waals surface area contributed by atoms with Crippen LogP contribution in [0.3, 0.4) is 0 Å². The minimum atomic E-state index is -4.35. The van der Waals surface area contributed by atoms with Crippen LogP contribution in [0.2, 0.25) is 0 Å². The number of nitrogens with one attached hydrogen (secondary N) is 1. The minimum Gasteiger partial charge on any atom is -0.489 e. The van der Waals surface area contributed by atoms with Gasteiger partial charge in [-0.15, -0.1) is 0 Å². The normalized spacial score (nSPS) is 26.3. The zero-order chi connectivity index (χ0) is 27.3. The van der Waals surface area contributed by atoms with Gasteiger partial charge in [-0.25, -0.2) is 0 Å². The quantitative estimate of drug-likeness (QED) is 0.573. The largest absolute Gasteiger partial charge is 0.489 e. The highest BCUT2D eigenvalue weighted by Gasteiger charge is 2.41. The van der Waals surface area contributed by atoms with Gasteiger partial charge in [0.25, 0.3) is 5.91 Å². The fraction of sp³-hybridized carbons (Fsp3) is 0.483. The number of piperidine rings is 1. The Bertz CT molecular complexity index is 1310. The molecular formula is C29H30F3N3O4. The SMILES string of the molecule is O=C1CCC(N2Cc3cc(O[C@@H]4CCCC[C@@H]4N4CC(c5cccc(C(F)(F)F)c5)C4)ccc3C2=O)C(=O)N1. The van der Waals surface area contributed by atoms with Crippen molar-refractivity contribution in [2.75, 3.05) is 13.1 Å². The Morgan fingerprint density at radius 1 is 0.949 bits per heavy atom. The van der Waals surface area contributed by atoms with E-state index >= 15 is 0 Å². The van der Waals surface area contributed by atoms with Crippen LogP contribution in [0.1, 0.15) is 71.5 Å². The van der Waals surface area contributed by atoms with Gasteiger partial charge in [0, 0.05) is 43.6 Å². The first-order valence-corrected chi connectivity index (χ1v) is 13.5. The lowest BCUT2D eigenvalue weighted by Gasteiger charge is -2.48. The number of carbonyl (C=O) groups is 3. The number of hydrogen-bond donors (Lipinski definition) is 1. The highest BCUT2D eigenvalue weighted by atomic mass is 19.4. The van der Waals surface area contributed by atoms with Crippen LogP contribution in [-0.4, -0.2) is 58.8 Å². The molecule has 2 aromatic carbocycles. The van der Waals surface area contributed by atoms with Crippen LogP contribution < -0.4 is 10.1 Å². The summed E-state index contributed by atoms with van der Waals surface area (Å²) in [5, 5.41) is 2.32. The van der Waals surface area contributed by atoms with E-state index in [2.05, 4.69) is 10.2 Å². The molecular weight excluding hydrogens is 511 g/mol. The third-order valence-corrected chi connectivity index (χ3v) is 8.51. The molecule has 0 spiro atoms. The molecule has 7 nitrogen and oxygen atoms in total. The molecule has 0 radical (unpaired) electrons. The van der Waals surface area contributed by atoms with Crippen molar-refractivity contribution in [1.29, 1.82) is 0 Å². The molecule has 3 atom stereocenters. The number of alkyl halides is 3. The number of fused-ring (bicyclic) bond motifs is 1. The number of nitrogens with zero attached hydrogens (tertiary/aromatic N) is 2. The Labute approximate surface area is 224 Å². The van der Waals surface area contributed by atoms with Crippen molar-refractivity contribution in [1.82, 2.24) is 15.1 Å². The molecule has 2 saturated heterocycles. The van der Waals surface area contributed by atoms with Crippen LogP contribution in [-0.2, 0) is 22.3 Å². The van der Waals surface area contributed by atoms with Crippen molar-refractivity contribution < 1.29 is 32.3 Å². The Hall–Kier alpha value is -3.40. The summed E-state index contributed by atoms with van der Waals surface area (Å²) in [7, 11) is 0. The van der Waals surface area contributed by atoms with Crippen molar-refractivity contribution in [3.63, 3.8) is 0 Å². The number of imide groups is 1. The molecule has 1 N–H and O–H groups in total. The monoisotopic (exact) mass is 541 g/mol. The van der Waals surface area contributed by atoms with Crippen molar-refractivity contribution in [3.05, 3.63) is 64.7 Å². The molecule has 3 amide bonds. The van der Waals surface area contributed by atoms with Crippen LogP contribution in [0.25, 0.3) is 0 Å². The first-order valence-electron chi connectivity index (χ1n) is 13.5. The third-order valence-electron chi connectivity index (χ3n) is 8.51. The predicted molar refractivity (Wildman–Crippen MR) is 135 cm³/mol. The number of benzene rings is 2. The summed E-state index contributed by atoms with van der Waals surface area (Å²) in [6.07, 6.45) is 0.0889. The average Bonchev–Trinajstić information content (AvgIpc) is 3.19. The number of hydrogen-bond acceptors (Lipinski definition) is 5. The summed E-state index contributed by atoms with van der Waals surface area (Å²) in [6.45, 7) is 1.69. The fourth-order valence-corrected chi connectivity index (χ4v) is 6.39. The summed E-state index contributed by atoms with van der Waals surface area (Å²) in [6, 6.07) is 10.5. The van der Waals surface area contributed by atoms with E-state index in [1.165, 1.54) is 17.0 Å². The molecule has 4 aliphatic rings. The molecule has 1 unspecified atom stereocenters. The Kier molecular flexibility index (Phi) is 6.61. The summed E-state index contributed by atoms with van der Waals surface area (Å²) < 4.78 is 45.9. The van der Waals surface area contributed by atoms with Crippen LogP contribution in [0.4, 0.5) is 13.2 Å². The molecule has 3 heterocycles. The first kappa shape index (κ1) is 25.9. The molecule has 2 aromatic rings. The smallest absolute Gasteiger partial charge is 0.416 e. The third kappa shape index (κ3) is 5.02. The van der Waals surface area contributed by atoms with Gasteiger partial charge in [0.05, 0.1) is 5.56 Å². The molecule has 0 aromatic heterocycles. The molecule has 0 bridgehead atoms. The van der Waals surface area contributed by atoms with Crippen LogP contribution in [0.5, 0.6) is 5.75 Å². The Morgan fingerprint density at radius 3 is 2.51 bits per heavy atom. The van der Waals surface area contributed by atoms with Gasteiger partial charge < -0.3 is 9.64 Å². The van der Waals surface area contributed by atoms with Gasteiger partial charge in [0.2, 0.25) is 11.8 Å². The molecule has 3 aliphatic heterocycles.